The van der Waals surface area contributed by atoms with Crippen molar-refractivity contribution in [2.75, 3.05) is 11.4 Å². The zero-order valence-corrected chi connectivity index (χ0v) is 10.7. The molecule has 1 aliphatic heterocycles. The number of fused-ring (bicyclic) bond motifs is 2. The van der Waals surface area contributed by atoms with Gasteiger partial charge in [0.15, 0.2) is 17.9 Å². The zero-order chi connectivity index (χ0) is 13.5. The van der Waals surface area contributed by atoms with Crippen molar-refractivity contribution < 1.29 is 4.79 Å². The van der Waals surface area contributed by atoms with Crippen LogP contribution >= 0.6 is 0 Å². The minimum Gasteiger partial charge on any atom is -0.345 e. The van der Waals surface area contributed by atoms with Gasteiger partial charge in [0.05, 0.1) is 6.54 Å². The highest BCUT2D eigenvalue weighted by atomic mass is 16.1. The first kappa shape index (κ1) is 11.2. The smallest absolute Gasteiger partial charge is 0.170 e. The molecule has 0 saturated heterocycles. The summed E-state index contributed by atoms with van der Waals surface area (Å²) in [6, 6.07) is 5.69. The van der Waals surface area contributed by atoms with Gasteiger partial charge in [-0.2, -0.15) is 0 Å². The monoisotopic (exact) mass is 268 g/mol. The summed E-state index contributed by atoms with van der Waals surface area (Å²) in [5.74, 6) is 1.60. The van der Waals surface area contributed by atoms with Crippen molar-refractivity contribution in [2.24, 2.45) is 0 Å². The molecule has 4 rings (SSSR count). The second kappa shape index (κ2) is 4.16. The molecule has 3 aromatic heterocycles. The summed E-state index contributed by atoms with van der Waals surface area (Å²) in [7, 11) is 0. The van der Waals surface area contributed by atoms with E-state index in [1.54, 1.807) is 6.33 Å². The van der Waals surface area contributed by atoms with Gasteiger partial charge >= 0.3 is 0 Å². The Balaban J connectivity index is 1.81. The number of hydrogen-bond acceptors (Lipinski definition) is 5. The first-order chi connectivity index (χ1) is 9.86. The average Bonchev–Trinajstić information content (AvgIpc) is 3.10. The van der Waals surface area contributed by atoms with E-state index < -0.39 is 0 Å². The molecule has 0 spiro atoms. The molecular formula is C13H12N6O. The number of pyridine rings is 1. The quantitative estimate of drug-likeness (QED) is 0.642. The molecular weight excluding hydrogens is 256 g/mol. The second-order valence-electron chi connectivity index (χ2n) is 4.73. The van der Waals surface area contributed by atoms with Gasteiger partial charge in [0.2, 0.25) is 0 Å². The van der Waals surface area contributed by atoms with Crippen molar-refractivity contribution in [1.82, 2.24) is 24.1 Å². The van der Waals surface area contributed by atoms with Crippen molar-refractivity contribution in [1.29, 1.82) is 0 Å². The van der Waals surface area contributed by atoms with Gasteiger partial charge in [-0.05, 0) is 12.1 Å². The van der Waals surface area contributed by atoms with E-state index in [0.717, 1.165) is 30.8 Å². The van der Waals surface area contributed by atoms with Crippen molar-refractivity contribution in [2.45, 2.75) is 13.1 Å². The zero-order valence-electron chi connectivity index (χ0n) is 10.7. The van der Waals surface area contributed by atoms with E-state index >= 15 is 0 Å². The number of carbonyl (C=O) groups excluding carboxylic acids is 1. The maximum Gasteiger partial charge on any atom is 0.170 e. The lowest BCUT2D eigenvalue weighted by Crippen LogP contribution is -2.34. The lowest BCUT2D eigenvalue weighted by molar-refractivity contribution is 0.111. The topological polar surface area (TPSA) is 68.3 Å². The Bertz CT molecular complexity index is 789. The summed E-state index contributed by atoms with van der Waals surface area (Å²) >= 11 is 0. The molecule has 0 N–H and O–H groups in total. The van der Waals surface area contributed by atoms with Crippen LogP contribution in [0.15, 0.2) is 30.7 Å². The Morgan fingerprint density at radius 1 is 1.25 bits per heavy atom. The van der Waals surface area contributed by atoms with Crippen LogP contribution < -0.4 is 4.90 Å². The van der Waals surface area contributed by atoms with E-state index in [-0.39, 0.29) is 0 Å². The molecule has 0 unspecified atom stereocenters. The number of rotatable bonds is 2. The van der Waals surface area contributed by atoms with Gasteiger partial charge in [-0.1, -0.05) is 6.07 Å². The molecule has 7 heteroatoms. The third-order valence-electron chi connectivity index (χ3n) is 3.60. The van der Waals surface area contributed by atoms with Crippen LogP contribution in [-0.4, -0.2) is 37.0 Å². The normalized spacial score (nSPS) is 14.5. The fraction of sp³-hybridized carbons (Fsp3) is 0.231. The van der Waals surface area contributed by atoms with Crippen LogP contribution in [0.25, 0.3) is 5.65 Å². The number of hydrogen-bond donors (Lipinski definition) is 0. The lowest BCUT2D eigenvalue weighted by Gasteiger charge is -2.27. The fourth-order valence-electron chi connectivity index (χ4n) is 2.59. The molecule has 0 aromatic carbocycles. The van der Waals surface area contributed by atoms with Crippen LogP contribution in [0.3, 0.4) is 0 Å². The van der Waals surface area contributed by atoms with E-state index in [1.165, 1.54) is 0 Å². The predicted molar refractivity (Wildman–Crippen MR) is 71.7 cm³/mol. The number of imidazole rings is 1. The number of anilines is 1. The van der Waals surface area contributed by atoms with Crippen LogP contribution in [0.5, 0.6) is 0 Å². The molecule has 3 aromatic rings. The molecule has 20 heavy (non-hydrogen) atoms. The largest absolute Gasteiger partial charge is 0.345 e. The number of carbonyl (C=O) groups is 1. The molecule has 1 aliphatic rings. The summed E-state index contributed by atoms with van der Waals surface area (Å²) < 4.78 is 3.83. The molecule has 0 aliphatic carbocycles. The minimum atomic E-state index is 0.577. The molecule has 0 atom stereocenters. The van der Waals surface area contributed by atoms with Crippen LogP contribution in [0.2, 0.25) is 0 Å². The summed E-state index contributed by atoms with van der Waals surface area (Å²) in [5, 5.41) is 8.00. The molecule has 0 fully saturated rings. The average molecular weight is 268 g/mol. The molecule has 0 saturated carbocycles. The number of aromatic nitrogens is 5. The Kier molecular flexibility index (Phi) is 2.32. The molecule has 0 bridgehead atoms. The van der Waals surface area contributed by atoms with E-state index in [1.807, 2.05) is 33.4 Å². The van der Waals surface area contributed by atoms with Gasteiger partial charge in [-0.3, -0.25) is 9.20 Å². The van der Waals surface area contributed by atoms with Crippen molar-refractivity contribution >= 4 is 17.8 Å². The third-order valence-corrected chi connectivity index (χ3v) is 3.60. The minimum absolute atomic E-state index is 0.577. The van der Waals surface area contributed by atoms with Crippen LogP contribution in [0, 0.1) is 0 Å². The third kappa shape index (κ3) is 1.52. The predicted octanol–water partition coefficient (Wildman–Crippen LogP) is 0.758. The molecule has 0 amide bonds. The van der Waals surface area contributed by atoms with E-state index in [4.69, 9.17) is 0 Å². The lowest BCUT2D eigenvalue weighted by atomic mass is 10.3. The number of aldehydes is 1. The first-order valence-electron chi connectivity index (χ1n) is 6.41. The van der Waals surface area contributed by atoms with Crippen molar-refractivity contribution in [3.8, 4) is 0 Å². The van der Waals surface area contributed by atoms with Crippen LogP contribution in [0.4, 0.5) is 5.82 Å². The van der Waals surface area contributed by atoms with Gasteiger partial charge in [0.25, 0.3) is 0 Å². The van der Waals surface area contributed by atoms with Gasteiger partial charge in [0.1, 0.15) is 17.7 Å². The van der Waals surface area contributed by atoms with Crippen molar-refractivity contribution in [3.05, 3.63) is 42.2 Å². The Morgan fingerprint density at radius 2 is 2.20 bits per heavy atom. The highest BCUT2D eigenvalue weighted by Crippen LogP contribution is 2.23. The van der Waals surface area contributed by atoms with E-state index in [2.05, 4.69) is 20.1 Å². The summed E-state index contributed by atoms with van der Waals surface area (Å²) in [4.78, 5) is 18.1. The second-order valence-corrected chi connectivity index (χ2v) is 4.73. The van der Waals surface area contributed by atoms with Gasteiger partial charge in [-0.15, -0.1) is 10.2 Å². The standard InChI is InChI=1S/C13H12N6O/c20-8-10-13(15-11-3-1-2-4-19(10)11)17-5-6-18-9-14-16-12(18)7-17/h1-4,8-9H,5-7H2. The van der Waals surface area contributed by atoms with Gasteiger partial charge < -0.3 is 9.47 Å². The molecule has 0 radical (unpaired) electrons. The highest BCUT2D eigenvalue weighted by Gasteiger charge is 2.23. The summed E-state index contributed by atoms with van der Waals surface area (Å²) in [5.41, 5.74) is 1.35. The maximum atomic E-state index is 11.4. The van der Waals surface area contributed by atoms with Crippen molar-refractivity contribution in [3.63, 3.8) is 0 Å². The number of nitrogens with zero attached hydrogens (tertiary/aromatic N) is 6. The first-order valence-corrected chi connectivity index (χ1v) is 6.41. The van der Waals surface area contributed by atoms with Gasteiger partial charge in [0, 0.05) is 19.3 Å². The van der Waals surface area contributed by atoms with Crippen LogP contribution in [0.1, 0.15) is 16.3 Å². The van der Waals surface area contributed by atoms with E-state index in [9.17, 15) is 4.79 Å². The summed E-state index contributed by atoms with van der Waals surface area (Å²) in [6.07, 6.45) is 4.44. The summed E-state index contributed by atoms with van der Waals surface area (Å²) in [6.45, 7) is 2.20. The Labute approximate surface area is 114 Å². The molecule has 4 heterocycles. The SMILES string of the molecule is O=Cc1c(N2CCn3cnnc3C2)nc2ccccn12. The van der Waals surface area contributed by atoms with Crippen LogP contribution in [-0.2, 0) is 13.1 Å². The van der Waals surface area contributed by atoms with Gasteiger partial charge in [-0.25, -0.2) is 4.98 Å². The fourth-order valence-corrected chi connectivity index (χ4v) is 2.59. The molecule has 7 nitrogen and oxygen atoms in total. The maximum absolute atomic E-state index is 11.4. The molecule has 100 valence electrons. The Morgan fingerprint density at radius 3 is 3.10 bits per heavy atom. The Hall–Kier alpha value is -2.70. The highest BCUT2D eigenvalue weighted by molar-refractivity contribution is 5.83. The van der Waals surface area contributed by atoms with E-state index in [0.29, 0.717) is 18.1 Å².